The third kappa shape index (κ3) is 4.36. The first-order valence-corrected chi connectivity index (χ1v) is 10.4. The number of carbonyl (C=O) groups excluding carboxylic acids is 1. The number of hydrogen-bond donors (Lipinski definition) is 1. The lowest BCUT2D eigenvalue weighted by atomic mass is 10.1. The zero-order chi connectivity index (χ0) is 22.7. The van der Waals surface area contributed by atoms with Gasteiger partial charge in [0.1, 0.15) is 11.4 Å². The maximum absolute atomic E-state index is 13.3. The molecule has 0 spiro atoms. The van der Waals surface area contributed by atoms with Crippen molar-refractivity contribution in [3.05, 3.63) is 93.9 Å². The van der Waals surface area contributed by atoms with Gasteiger partial charge in [-0.05, 0) is 55.0 Å². The molecular weight excluding hydrogens is 433 g/mol. The molecule has 162 valence electrons. The van der Waals surface area contributed by atoms with E-state index in [9.17, 15) is 14.0 Å². The number of halogens is 2. The average Bonchev–Trinajstić information content (AvgIpc) is 2.80. The first-order valence-electron chi connectivity index (χ1n) is 10.0. The number of amides is 1. The fourth-order valence-electron chi connectivity index (χ4n) is 3.28. The maximum atomic E-state index is 13.3. The van der Waals surface area contributed by atoms with Gasteiger partial charge in [0.15, 0.2) is 11.9 Å². The molecule has 1 heterocycles. The molecule has 32 heavy (non-hydrogen) atoms. The van der Waals surface area contributed by atoms with Crippen molar-refractivity contribution >= 4 is 34.2 Å². The largest absolute Gasteiger partial charge is 0.473 e. The van der Waals surface area contributed by atoms with Crippen molar-refractivity contribution in [1.29, 1.82) is 0 Å². The lowest BCUT2D eigenvalue weighted by Gasteiger charge is -2.19. The minimum Gasteiger partial charge on any atom is -0.473 e. The molecule has 7 heteroatoms. The Kier molecular flexibility index (Phi) is 6.23. The van der Waals surface area contributed by atoms with Gasteiger partial charge >= 0.3 is 0 Å². The molecule has 1 atom stereocenters. The van der Waals surface area contributed by atoms with E-state index in [1.807, 2.05) is 0 Å². The van der Waals surface area contributed by atoms with Crippen LogP contribution >= 0.6 is 11.6 Å². The number of benzene rings is 3. The predicted molar refractivity (Wildman–Crippen MR) is 123 cm³/mol. The van der Waals surface area contributed by atoms with Crippen LogP contribution in [0, 0.1) is 5.82 Å². The van der Waals surface area contributed by atoms with Gasteiger partial charge in [0.05, 0.1) is 10.4 Å². The number of fused-ring (bicyclic) bond motifs is 1. The number of anilines is 1. The Morgan fingerprint density at radius 2 is 1.75 bits per heavy atom. The van der Waals surface area contributed by atoms with E-state index in [4.69, 9.17) is 20.8 Å². The average molecular weight is 452 g/mol. The highest BCUT2D eigenvalue weighted by Gasteiger charge is 2.25. The van der Waals surface area contributed by atoms with Crippen molar-refractivity contribution in [2.24, 2.45) is 0 Å². The first-order chi connectivity index (χ1) is 15.5. The second kappa shape index (κ2) is 9.24. The molecule has 3 aromatic carbocycles. The third-order valence-electron chi connectivity index (χ3n) is 4.91. The quantitative estimate of drug-likeness (QED) is 0.387. The van der Waals surface area contributed by atoms with Gasteiger partial charge in [0.25, 0.3) is 5.91 Å². The van der Waals surface area contributed by atoms with E-state index in [0.29, 0.717) is 27.2 Å². The topological polar surface area (TPSA) is 68.5 Å². The Morgan fingerprint density at radius 3 is 2.47 bits per heavy atom. The lowest BCUT2D eigenvalue weighted by Crippen LogP contribution is -2.34. The van der Waals surface area contributed by atoms with Crippen molar-refractivity contribution in [3.63, 3.8) is 0 Å². The zero-order valence-corrected chi connectivity index (χ0v) is 17.9. The van der Waals surface area contributed by atoms with Crippen LogP contribution in [0.15, 0.2) is 82.0 Å². The summed E-state index contributed by atoms with van der Waals surface area (Å²) in [5.74, 6) is -0.841. The highest BCUT2D eigenvalue weighted by molar-refractivity contribution is 6.33. The minimum absolute atomic E-state index is 0.0992. The van der Waals surface area contributed by atoms with Crippen molar-refractivity contribution in [2.45, 2.75) is 19.4 Å². The molecule has 4 rings (SSSR count). The van der Waals surface area contributed by atoms with Crippen molar-refractivity contribution in [2.75, 3.05) is 5.32 Å². The van der Waals surface area contributed by atoms with Crippen molar-refractivity contribution < 1.29 is 18.3 Å². The summed E-state index contributed by atoms with van der Waals surface area (Å²) in [6.07, 6.45) is -0.716. The Morgan fingerprint density at radius 1 is 1.06 bits per heavy atom. The molecule has 0 fully saturated rings. The number of hydrogen-bond acceptors (Lipinski definition) is 4. The Bertz CT molecular complexity index is 1330. The Balaban J connectivity index is 1.76. The monoisotopic (exact) mass is 451 g/mol. The molecule has 0 saturated carbocycles. The minimum atomic E-state index is -0.995. The lowest BCUT2D eigenvalue weighted by molar-refractivity contribution is -0.122. The molecule has 0 aliphatic carbocycles. The van der Waals surface area contributed by atoms with E-state index in [0.717, 1.165) is 0 Å². The van der Waals surface area contributed by atoms with Crippen LogP contribution in [0.5, 0.6) is 5.75 Å². The van der Waals surface area contributed by atoms with E-state index < -0.39 is 23.3 Å². The number of rotatable bonds is 6. The SMILES string of the molecule is CCC(Oc1c(-c2ccccc2Cl)oc2ccccc2c1=O)C(=O)Nc1ccc(F)cc1. The van der Waals surface area contributed by atoms with Crippen LogP contribution in [0.4, 0.5) is 10.1 Å². The van der Waals surface area contributed by atoms with Crippen LogP contribution in [0.1, 0.15) is 13.3 Å². The van der Waals surface area contributed by atoms with Gasteiger partial charge < -0.3 is 14.5 Å². The second-order valence-corrected chi connectivity index (χ2v) is 7.48. The van der Waals surface area contributed by atoms with Crippen molar-refractivity contribution in [1.82, 2.24) is 0 Å². The first kappa shape index (κ1) is 21.6. The summed E-state index contributed by atoms with van der Waals surface area (Å²) in [6.45, 7) is 1.76. The van der Waals surface area contributed by atoms with Crippen LogP contribution in [0.3, 0.4) is 0 Å². The molecule has 1 unspecified atom stereocenters. The molecule has 1 aromatic heterocycles. The van der Waals surface area contributed by atoms with Crippen LogP contribution < -0.4 is 15.5 Å². The molecule has 1 N–H and O–H groups in total. The van der Waals surface area contributed by atoms with Crippen LogP contribution in [-0.2, 0) is 4.79 Å². The summed E-state index contributed by atoms with van der Waals surface area (Å²) in [5, 5.41) is 3.38. The number of ether oxygens (including phenoxy) is 1. The van der Waals surface area contributed by atoms with E-state index in [-0.39, 0.29) is 17.9 Å². The van der Waals surface area contributed by atoms with E-state index >= 15 is 0 Å². The molecule has 4 aromatic rings. The standard InChI is InChI=1S/C25H19ClFNO4/c1-2-20(25(30)28-16-13-11-15(27)12-14-16)31-24-22(29)18-8-4-6-10-21(18)32-23(24)17-7-3-5-9-19(17)26/h3-14,20H,2H2,1H3,(H,28,30). The van der Waals surface area contributed by atoms with Gasteiger partial charge in [-0.15, -0.1) is 0 Å². The van der Waals surface area contributed by atoms with Gasteiger partial charge in [-0.1, -0.05) is 42.8 Å². The van der Waals surface area contributed by atoms with E-state index in [2.05, 4.69) is 5.32 Å². The number of para-hydroxylation sites is 1. The summed E-state index contributed by atoms with van der Waals surface area (Å²) < 4.78 is 25.1. The summed E-state index contributed by atoms with van der Waals surface area (Å²) in [4.78, 5) is 26.1. The van der Waals surface area contributed by atoms with Gasteiger partial charge in [-0.3, -0.25) is 9.59 Å². The molecule has 0 aliphatic rings. The fraction of sp³-hybridized carbons (Fsp3) is 0.120. The van der Waals surface area contributed by atoms with Gasteiger partial charge in [-0.2, -0.15) is 0 Å². The fourth-order valence-corrected chi connectivity index (χ4v) is 3.50. The second-order valence-electron chi connectivity index (χ2n) is 7.08. The summed E-state index contributed by atoms with van der Waals surface area (Å²) >= 11 is 6.36. The third-order valence-corrected chi connectivity index (χ3v) is 5.24. The predicted octanol–water partition coefficient (Wildman–Crippen LogP) is 6.05. The van der Waals surface area contributed by atoms with Gasteiger partial charge in [0, 0.05) is 11.3 Å². The molecule has 0 aliphatic heterocycles. The Labute approximate surface area is 188 Å². The molecule has 5 nitrogen and oxygen atoms in total. The molecule has 0 bridgehead atoms. The molecule has 0 radical (unpaired) electrons. The van der Waals surface area contributed by atoms with Crippen LogP contribution in [-0.4, -0.2) is 12.0 Å². The smallest absolute Gasteiger partial charge is 0.265 e. The molecular formula is C25H19ClFNO4. The van der Waals surface area contributed by atoms with Crippen LogP contribution in [0.25, 0.3) is 22.3 Å². The van der Waals surface area contributed by atoms with Gasteiger partial charge in [0.2, 0.25) is 11.2 Å². The summed E-state index contributed by atoms with van der Waals surface area (Å²) in [7, 11) is 0. The number of carbonyl (C=O) groups is 1. The highest BCUT2D eigenvalue weighted by Crippen LogP contribution is 2.35. The molecule has 0 saturated heterocycles. The van der Waals surface area contributed by atoms with E-state index in [1.54, 1.807) is 55.5 Å². The normalized spacial score (nSPS) is 11.8. The maximum Gasteiger partial charge on any atom is 0.265 e. The number of nitrogens with one attached hydrogen (secondary N) is 1. The summed E-state index contributed by atoms with van der Waals surface area (Å²) in [5.41, 5.74) is 0.856. The van der Waals surface area contributed by atoms with Gasteiger partial charge in [-0.25, -0.2) is 4.39 Å². The Hall–Kier alpha value is -3.64. The zero-order valence-electron chi connectivity index (χ0n) is 17.1. The van der Waals surface area contributed by atoms with Crippen LogP contribution in [0.2, 0.25) is 5.02 Å². The summed E-state index contributed by atoms with van der Waals surface area (Å²) in [6, 6.07) is 19.1. The molecule has 1 amide bonds. The highest BCUT2D eigenvalue weighted by atomic mass is 35.5. The van der Waals surface area contributed by atoms with E-state index in [1.165, 1.54) is 24.3 Å². The van der Waals surface area contributed by atoms with Crippen molar-refractivity contribution in [3.8, 4) is 17.1 Å².